The van der Waals surface area contributed by atoms with E-state index >= 15 is 0 Å². The number of halogens is 3. The number of hydrogen-bond acceptors (Lipinski definition) is 8. The lowest BCUT2D eigenvalue weighted by atomic mass is 10.0. The molecule has 232 valence electrons. The molecule has 0 saturated carbocycles. The highest BCUT2D eigenvalue weighted by Gasteiger charge is 2.35. The fourth-order valence-electron chi connectivity index (χ4n) is 4.68. The van der Waals surface area contributed by atoms with E-state index in [1.807, 2.05) is 0 Å². The van der Waals surface area contributed by atoms with Gasteiger partial charge in [0.05, 0.1) is 36.0 Å². The van der Waals surface area contributed by atoms with E-state index in [1.54, 1.807) is 37.3 Å². The highest BCUT2D eigenvalue weighted by molar-refractivity contribution is 7.92. The van der Waals surface area contributed by atoms with Crippen LogP contribution in [0.15, 0.2) is 42.6 Å². The van der Waals surface area contributed by atoms with E-state index in [2.05, 4.69) is 20.6 Å². The molecule has 4 rings (SSSR count). The Bertz CT molecular complexity index is 1580. The quantitative estimate of drug-likeness (QED) is 0.336. The lowest BCUT2D eigenvalue weighted by Crippen LogP contribution is -2.38. The van der Waals surface area contributed by atoms with Gasteiger partial charge in [0.25, 0.3) is 5.91 Å². The van der Waals surface area contributed by atoms with Crippen LogP contribution in [0.1, 0.15) is 45.6 Å². The summed E-state index contributed by atoms with van der Waals surface area (Å²) in [6.07, 6.45) is -1.54. The fourth-order valence-corrected chi connectivity index (χ4v) is 5.21. The molecular weight excluding hydrogens is 587 g/mol. The summed E-state index contributed by atoms with van der Waals surface area (Å²) in [5, 5.41) is 5.87. The van der Waals surface area contributed by atoms with E-state index in [0.717, 1.165) is 29.0 Å². The van der Waals surface area contributed by atoms with Crippen LogP contribution in [-0.2, 0) is 33.8 Å². The van der Waals surface area contributed by atoms with Crippen LogP contribution in [-0.4, -0.2) is 64.0 Å². The predicted molar refractivity (Wildman–Crippen MR) is 156 cm³/mol. The molecule has 0 spiro atoms. The zero-order chi connectivity index (χ0) is 31.4. The Morgan fingerprint density at radius 1 is 1.14 bits per heavy atom. The van der Waals surface area contributed by atoms with E-state index in [1.165, 1.54) is 20.2 Å². The number of aryl methyl sites for hydroxylation is 3. The van der Waals surface area contributed by atoms with Gasteiger partial charge < -0.3 is 20.1 Å². The van der Waals surface area contributed by atoms with Gasteiger partial charge in [-0.2, -0.15) is 13.2 Å². The Morgan fingerprint density at radius 2 is 1.86 bits per heavy atom. The minimum Gasteiger partial charge on any atom is -0.495 e. The van der Waals surface area contributed by atoms with Crippen LogP contribution in [0.3, 0.4) is 0 Å². The Morgan fingerprint density at radius 3 is 2.51 bits per heavy atom. The lowest BCUT2D eigenvalue weighted by Gasteiger charge is -2.23. The first-order valence-electron chi connectivity index (χ1n) is 13.6. The molecule has 1 amide bonds. The van der Waals surface area contributed by atoms with Gasteiger partial charge in [-0.3, -0.25) is 9.10 Å². The van der Waals surface area contributed by atoms with Gasteiger partial charge in [-0.15, -0.1) is 0 Å². The van der Waals surface area contributed by atoms with Crippen LogP contribution < -0.4 is 19.7 Å². The number of benzene rings is 2. The number of nitrogens with zero attached hydrogens (tertiary/aromatic N) is 3. The van der Waals surface area contributed by atoms with Crippen molar-refractivity contribution in [2.45, 2.75) is 44.8 Å². The second-order valence-electron chi connectivity index (χ2n) is 10.3. The molecule has 0 radical (unpaired) electrons. The molecule has 43 heavy (non-hydrogen) atoms. The van der Waals surface area contributed by atoms with Crippen LogP contribution >= 0.6 is 0 Å². The molecule has 1 aliphatic heterocycles. The van der Waals surface area contributed by atoms with Crippen molar-refractivity contribution in [2.75, 3.05) is 43.2 Å². The van der Waals surface area contributed by atoms with E-state index < -0.39 is 21.8 Å². The van der Waals surface area contributed by atoms with Crippen molar-refractivity contribution in [3.8, 4) is 5.75 Å². The zero-order valence-corrected chi connectivity index (χ0v) is 25.1. The number of ether oxygens (including phenoxy) is 2. The fraction of sp³-hybridized carbons (Fsp3) is 0.414. The standard InChI is InChI=1S/C29H34F3N5O5S/c1-18-5-6-19(25(15-18)37(2)43(4,39)40)7-9-23-22(29(30,31)32)17-33-28(35-23)36-24-10-8-20(16-26(24)41-3)27(38)34-21-11-13-42-14-12-21/h5-6,8,10,15-17,21H,7,9,11-14H2,1-4H3,(H,34,38)(H,33,35,36). The molecule has 0 aliphatic carbocycles. The van der Waals surface area contributed by atoms with Crippen molar-refractivity contribution in [1.82, 2.24) is 15.3 Å². The maximum absolute atomic E-state index is 13.9. The maximum Gasteiger partial charge on any atom is 0.419 e. The summed E-state index contributed by atoms with van der Waals surface area (Å²) < 4.78 is 77.9. The molecule has 1 saturated heterocycles. The minimum atomic E-state index is -4.70. The number of methoxy groups -OCH3 is 1. The maximum atomic E-state index is 13.9. The molecule has 2 N–H and O–H groups in total. The van der Waals surface area contributed by atoms with Crippen molar-refractivity contribution in [3.63, 3.8) is 0 Å². The van der Waals surface area contributed by atoms with E-state index in [9.17, 15) is 26.4 Å². The average molecular weight is 622 g/mol. The van der Waals surface area contributed by atoms with Crippen LogP contribution in [0.5, 0.6) is 5.75 Å². The summed E-state index contributed by atoms with van der Waals surface area (Å²) in [6.45, 7) is 2.96. The molecule has 0 bridgehead atoms. The Kier molecular flexibility index (Phi) is 9.80. The largest absolute Gasteiger partial charge is 0.495 e. The smallest absolute Gasteiger partial charge is 0.419 e. The number of rotatable bonds is 10. The van der Waals surface area contributed by atoms with Gasteiger partial charge >= 0.3 is 6.18 Å². The molecule has 2 aromatic carbocycles. The molecule has 0 atom stereocenters. The number of sulfonamides is 1. The number of anilines is 3. The predicted octanol–water partition coefficient (Wildman–Crippen LogP) is 4.65. The number of alkyl halides is 3. The van der Waals surface area contributed by atoms with Crippen LogP contribution in [0.4, 0.5) is 30.5 Å². The highest BCUT2D eigenvalue weighted by atomic mass is 32.2. The topological polar surface area (TPSA) is 123 Å². The summed E-state index contributed by atoms with van der Waals surface area (Å²) in [5.74, 6) is -0.0994. The molecule has 1 fully saturated rings. The summed E-state index contributed by atoms with van der Waals surface area (Å²) in [6, 6.07) is 9.82. The van der Waals surface area contributed by atoms with Gasteiger partial charge in [-0.05, 0) is 68.0 Å². The molecule has 14 heteroatoms. The van der Waals surface area contributed by atoms with Gasteiger partial charge in [-0.25, -0.2) is 18.4 Å². The Balaban J connectivity index is 1.58. The average Bonchev–Trinajstić information content (AvgIpc) is 2.95. The third-order valence-corrected chi connectivity index (χ3v) is 8.34. The Hall–Kier alpha value is -3.91. The van der Waals surface area contributed by atoms with Gasteiger partial charge in [-0.1, -0.05) is 12.1 Å². The SMILES string of the molecule is COc1cc(C(=O)NC2CCOCC2)ccc1Nc1ncc(C(F)(F)F)c(CCc2ccc(C)cc2N(C)S(C)(=O)=O)n1. The first kappa shape index (κ1) is 32.0. The molecule has 1 aliphatic rings. The van der Waals surface area contributed by atoms with Crippen molar-refractivity contribution in [3.05, 3.63) is 70.5 Å². The third kappa shape index (κ3) is 8.14. The minimum absolute atomic E-state index is 0.00628. The summed E-state index contributed by atoms with van der Waals surface area (Å²) in [5.41, 5.74) is 1.20. The molecule has 3 aromatic rings. The van der Waals surface area contributed by atoms with Gasteiger partial charge in [0.2, 0.25) is 16.0 Å². The molecular formula is C29H34F3N5O5S. The van der Waals surface area contributed by atoms with E-state index in [4.69, 9.17) is 9.47 Å². The highest BCUT2D eigenvalue weighted by Crippen LogP contribution is 2.34. The molecule has 0 unspecified atom stereocenters. The number of hydrogen-bond donors (Lipinski definition) is 2. The number of nitrogens with one attached hydrogen (secondary N) is 2. The second-order valence-corrected chi connectivity index (χ2v) is 12.3. The summed E-state index contributed by atoms with van der Waals surface area (Å²) in [7, 11) is -0.791. The number of amides is 1. The van der Waals surface area contributed by atoms with Crippen molar-refractivity contribution in [2.24, 2.45) is 0 Å². The number of aromatic nitrogens is 2. The van der Waals surface area contributed by atoms with Gasteiger partial charge in [0.15, 0.2) is 0 Å². The summed E-state index contributed by atoms with van der Waals surface area (Å²) >= 11 is 0. The van der Waals surface area contributed by atoms with Gasteiger partial charge in [0.1, 0.15) is 5.75 Å². The first-order valence-corrected chi connectivity index (χ1v) is 15.4. The van der Waals surface area contributed by atoms with Crippen molar-refractivity contribution >= 4 is 33.3 Å². The second kappa shape index (κ2) is 13.2. The third-order valence-electron chi connectivity index (χ3n) is 7.15. The normalized spacial score (nSPS) is 14.3. The first-order chi connectivity index (χ1) is 20.3. The Labute approximate surface area is 248 Å². The van der Waals surface area contributed by atoms with Gasteiger partial charge in [0, 0.05) is 38.1 Å². The number of carbonyl (C=O) groups excluding carboxylic acids is 1. The van der Waals surface area contributed by atoms with E-state index in [-0.39, 0.29) is 42.2 Å². The monoisotopic (exact) mass is 621 g/mol. The van der Waals surface area contributed by atoms with Crippen molar-refractivity contribution < 1.29 is 35.9 Å². The summed E-state index contributed by atoms with van der Waals surface area (Å²) in [4.78, 5) is 20.8. The van der Waals surface area contributed by atoms with Crippen LogP contribution in [0, 0.1) is 6.92 Å². The molecule has 2 heterocycles. The molecule has 1 aromatic heterocycles. The van der Waals surface area contributed by atoms with Crippen LogP contribution in [0.2, 0.25) is 0 Å². The number of carbonyl (C=O) groups is 1. The zero-order valence-electron chi connectivity index (χ0n) is 24.3. The molecule has 10 nitrogen and oxygen atoms in total. The lowest BCUT2D eigenvalue weighted by molar-refractivity contribution is -0.138. The van der Waals surface area contributed by atoms with E-state index in [0.29, 0.717) is 41.9 Å². The van der Waals surface area contributed by atoms with Crippen LogP contribution in [0.25, 0.3) is 0 Å². The van der Waals surface area contributed by atoms with Crippen molar-refractivity contribution in [1.29, 1.82) is 0 Å².